The molecule has 132 valence electrons. The highest BCUT2D eigenvalue weighted by atomic mass is 35.5. The lowest BCUT2D eigenvalue weighted by Gasteiger charge is -2.08. The van der Waals surface area contributed by atoms with Gasteiger partial charge in [0.05, 0.1) is 22.6 Å². The van der Waals surface area contributed by atoms with E-state index in [-0.39, 0.29) is 17.1 Å². The summed E-state index contributed by atoms with van der Waals surface area (Å²) < 4.78 is 1.35. The molecule has 1 aromatic heterocycles. The first-order valence-electron chi connectivity index (χ1n) is 7.40. The fraction of sp³-hybridized carbons (Fsp3) is 0. The van der Waals surface area contributed by atoms with Crippen molar-refractivity contribution in [3.63, 3.8) is 0 Å². The number of nitrogens with two attached hydrogens (primary N) is 2. The summed E-state index contributed by atoms with van der Waals surface area (Å²) in [5.74, 6) is -0.682. The van der Waals surface area contributed by atoms with E-state index in [1.54, 1.807) is 36.4 Å². The zero-order valence-corrected chi connectivity index (χ0v) is 14.1. The minimum atomic E-state index is -0.843. The predicted molar refractivity (Wildman–Crippen MR) is 97.4 cm³/mol. The van der Waals surface area contributed by atoms with Gasteiger partial charge in [-0.15, -0.1) is 0 Å². The van der Waals surface area contributed by atoms with Crippen molar-refractivity contribution >= 4 is 29.2 Å². The number of rotatable bonds is 4. The number of phenols is 1. The van der Waals surface area contributed by atoms with Gasteiger partial charge in [-0.25, -0.2) is 9.48 Å². The summed E-state index contributed by atoms with van der Waals surface area (Å²) in [7, 11) is 0. The number of primary amides is 2. The number of hydrogen-bond donors (Lipinski definition) is 4. The van der Waals surface area contributed by atoms with Crippen molar-refractivity contribution in [3.05, 3.63) is 59.4 Å². The van der Waals surface area contributed by atoms with Crippen molar-refractivity contribution in [2.75, 3.05) is 5.32 Å². The number of nitrogens with zero attached hydrogens (tertiary/aromatic N) is 2. The summed E-state index contributed by atoms with van der Waals surface area (Å²) in [4.78, 5) is 22.5. The van der Waals surface area contributed by atoms with Crippen LogP contribution >= 0.6 is 11.6 Å². The number of benzene rings is 2. The van der Waals surface area contributed by atoms with Crippen molar-refractivity contribution in [1.29, 1.82) is 0 Å². The molecule has 0 saturated heterocycles. The van der Waals surface area contributed by atoms with Gasteiger partial charge in [0.1, 0.15) is 5.75 Å². The number of aromatic nitrogens is 2. The Morgan fingerprint density at radius 1 is 1.15 bits per heavy atom. The molecule has 26 heavy (non-hydrogen) atoms. The van der Waals surface area contributed by atoms with Gasteiger partial charge in [0.25, 0.3) is 5.91 Å². The highest BCUT2D eigenvalue weighted by Gasteiger charge is 2.17. The number of urea groups is 1. The van der Waals surface area contributed by atoms with E-state index in [0.717, 1.165) is 5.56 Å². The SMILES string of the molecule is NC(=O)Nc1cn(-c2ccc(-c3cccc(O)c3)c(Cl)c2)nc1C(N)=O. The quantitative estimate of drug-likeness (QED) is 0.560. The van der Waals surface area contributed by atoms with E-state index in [1.807, 2.05) is 6.07 Å². The summed E-state index contributed by atoms with van der Waals surface area (Å²) >= 11 is 6.36. The fourth-order valence-electron chi connectivity index (χ4n) is 2.47. The van der Waals surface area contributed by atoms with Gasteiger partial charge in [0.15, 0.2) is 5.69 Å². The maximum absolute atomic E-state index is 11.5. The van der Waals surface area contributed by atoms with Crippen molar-refractivity contribution < 1.29 is 14.7 Å². The Balaban J connectivity index is 2.02. The number of carbonyl (C=O) groups excluding carboxylic acids is 2. The lowest BCUT2D eigenvalue weighted by Crippen LogP contribution is -2.22. The van der Waals surface area contributed by atoms with Crippen LogP contribution in [0.5, 0.6) is 5.75 Å². The Kier molecular flexibility index (Phi) is 4.51. The van der Waals surface area contributed by atoms with E-state index >= 15 is 0 Å². The first-order chi connectivity index (χ1) is 12.3. The zero-order valence-electron chi connectivity index (χ0n) is 13.3. The van der Waals surface area contributed by atoms with Crippen LogP contribution in [0.25, 0.3) is 16.8 Å². The van der Waals surface area contributed by atoms with Crippen molar-refractivity contribution in [2.45, 2.75) is 0 Å². The molecule has 3 rings (SSSR count). The van der Waals surface area contributed by atoms with Gasteiger partial charge < -0.3 is 21.9 Å². The fourth-order valence-corrected chi connectivity index (χ4v) is 2.75. The minimum absolute atomic E-state index is 0.0955. The van der Waals surface area contributed by atoms with E-state index in [4.69, 9.17) is 23.1 Å². The molecule has 1 heterocycles. The topological polar surface area (TPSA) is 136 Å². The molecule has 0 spiro atoms. The summed E-state index contributed by atoms with van der Waals surface area (Å²) in [5, 5.41) is 16.4. The van der Waals surface area contributed by atoms with E-state index in [0.29, 0.717) is 16.3 Å². The normalized spacial score (nSPS) is 10.5. The Bertz CT molecular complexity index is 1020. The monoisotopic (exact) mass is 371 g/mol. The van der Waals surface area contributed by atoms with Crippen LogP contribution in [-0.4, -0.2) is 26.8 Å². The first-order valence-corrected chi connectivity index (χ1v) is 7.78. The molecule has 9 heteroatoms. The molecular weight excluding hydrogens is 358 g/mol. The summed E-state index contributed by atoms with van der Waals surface area (Å²) in [6.07, 6.45) is 1.41. The van der Waals surface area contributed by atoms with Crippen LogP contribution in [0.3, 0.4) is 0 Å². The van der Waals surface area contributed by atoms with Gasteiger partial charge in [0.2, 0.25) is 0 Å². The molecule has 0 atom stereocenters. The van der Waals surface area contributed by atoms with Gasteiger partial charge in [-0.1, -0.05) is 29.8 Å². The molecule has 0 radical (unpaired) electrons. The maximum Gasteiger partial charge on any atom is 0.316 e. The third kappa shape index (κ3) is 3.45. The molecule has 0 aliphatic heterocycles. The summed E-state index contributed by atoms with van der Waals surface area (Å²) in [6, 6.07) is 10.9. The van der Waals surface area contributed by atoms with E-state index in [1.165, 1.54) is 10.9 Å². The van der Waals surface area contributed by atoms with Gasteiger partial charge in [-0.2, -0.15) is 5.10 Å². The molecule has 3 aromatic rings. The molecule has 0 unspecified atom stereocenters. The zero-order chi connectivity index (χ0) is 18.8. The lowest BCUT2D eigenvalue weighted by atomic mass is 10.1. The predicted octanol–water partition coefficient (Wildman–Crippen LogP) is 2.49. The molecule has 0 aliphatic rings. The Morgan fingerprint density at radius 3 is 2.54 bits per heavy atom. The molecule has 0 aliphatic carbocycles. The number of halogens is 1. The highest BCUT2D eigenvalue weighted by Crippen LogP contribution is 2.31. The van der Waals surface area contributed by atoms with Crippen LogP contribution in [0.4, 0.5) is 10.5 Å². The lowest BCUT2D eigenvalue weighted by molar-refractivity contribution is 0.0996. The van der Waals surface area contributed by atoms with Crippen molar-refractivity contribution in [3.8, 4) is 22.6 Å². The number of phenolic OH excluding ortho intramolecular Hbond substituents is 1. The Labute approximate surface area is 153 Å². The smallest absolute Gasteiger partial charge is 0.316 e. The number of carbonyl (C=O) groups is 2. The maximum atomic E-state index is 11.5. The summed E-state index contributed by atoms with van der Waals surface area (Å²) in [6.45, 7) is 0. The Hall–Kier alpha value is -3.52. The first kappa shape index (κ1) is 17.3. The van der Waals surface area contributed by atoms with Gasteiger partial charge in [-0.3, -0.25) is 4.79 Å². The van der Waals surface area contributed by atoms with Gasteiger partial charge >= 0.3 is 6.03 Å². The number of aromatic hydroxyl groups is 1. The second kappa shape index (κ2) is 6.77. The average molecular weight is 372 g/mol. The third-order valence-electron chi connectivity index (χ3n) is 3.58. The standard InChI is InChI=1S/C17H14ClN5O3/c18-13-7-10(4-5-12(13)9-2-1-3-11(24)6-9)23-8-14(21-17(20)26)15(22-23)16(19)25/h1-8,24H,(H2,19,25)(H3,20,21,26). The third-order valence-corrected chi connectivity index (χ3v) is 3.89. The number of amides is 3. The van der Waals surface area contributed by atoms with Crippen LogP contribution in [-0.2, 0) is 0 Å². The second-order valence-corrected chi connectivity index (χ2v) is 5.81. The van der Waals surface area contributed by atoms with E-state index in [2.05, 4.69) is 10.4 Å². The van der Waals surface area contributed by atoms with E-state index in [9.17, 15) is 14.7 Å². The van der Waals surface area contributed by atoms with Crippen molar-refractivity contribution in [2.24, 2.45) is 11.5 Å². The van der Waals surface area contributed by atoms with Crippen LogP contribution in [0.1, 0.15) is 10.5 Å². The van der Waals surface area contributed by atoms with Crippen LogP contribution in [0.2, 0.25) is 5.02 Å². The molecule has 0 fully saturated rings. The van der Waals surface area contributed by atoms with Crippen LogP contribution in [0.15, 0.2) is 48.7 Å². The van der Waals surface area contributed by atoms with E-state index < -0.39 is 11.9 Å². The molecule has 3 amide bonds. The largest absolute Gasteiger partial charge is 0.508 e. The molecular formula is C17H14ClN5O3. The van der Waals surface area contributed by atoms with Crippen LogP contribution in [0, 0.1) is 0 Å². The number of anilines is 1. The average Bonchev–Trinajstić information content (AvgIpc) is 2.98. The Morgan fingerprint density at radius 2 is 1.92 bits per heavy atom. The second-order valence-electron chi connectivity index (χ2n) is 5.40. The molecule has 2 aromatic carbocycles. The van der Waals surface area contributed by atoms with Crippen LogP contribution < -0.4 is 16.8 Å². The molecule has 8 nitrogen and oxygen atoms in total. The number of nitrogens with one attached hydrogen (secondary N) is 1. The highest BCUT2D eigenvalue weighted by molar-refractivity contribution is 6.33. The molecule has 6 N–H and O–H groups in total. The van der Waals surface area contributed by atoms with Crippen molar-refractivity contribution in [1.82, 2.24) is 9.78 Å². The summed E-state index contributed by atoms with van der Waals surface area (Å²) in [5.41, 5.74) is 12.3. The minimum Gasteiger partial charge on any atom is -0.508 e. The van der Waals surface area contributed by atoms with Gasteiger partial charge in [-0.05, 0) is 29.8 Å². The van der Waals surface area contributed by atoms with Gasteiger partial charge in [0, 0.05) is 5.56 Å². The molecule has 0 saturated carbocycles. The number of hydrogen-bond acceptors (Lipinski definition) is 4. The molecule has 0 bridgehead atoms.